The molecule has 1 aliphatic carbocycles. The number of ether oxygens (including phenoxy) is 1. The predicted molar refractivity (Wildman–Crippen MR) is 58.5 cm³/mol. The zero-order valence-electron chi connectivity index (χ0n) is 9.59. The van der Waals surface area contributed by atoms with E-state index in [4.69, 9.17) is 4.74 Å². The number of likely N-dealkylation sites (tertiary alicyclic amines) is 1. The van der Waals surface area contributed by atoms with Crippen LogP contribution in [0.25, 0.3) is 0 Å². The van der Waals surface area contributed by atoms with Crippen molar-refractivity contribution in [1.29, 1.82) is 0 Å². The van der Waals surface area contributed by atoms with E-state index in [0.29, 0.717) is 6.10 Å². The Balaban J connectivity index is 1.84. The molecule has 0 spiro atoms. The van der Waals surface area contributed by atoms with E-state index in [1.54, 1.807) is 0 Å². The molecule has 0 atom stereocenters. The van der Waals surface area contributed by atoms with Crippen LogP contribution in [0.5, 0.6) is 0 Å². The van der Waals surface area contributed by atoms with Gasteiger partial charge in [-0.3, -0.25) is 0 Å². The Hall–Kier alpha value is -0.0800. The molecule has 2 heteroatoms. The van der Waals surface area contributed by atoms with Gasteiger partial charge in [0.1, 0.15) is 0 Å². The Bertz CT molecular complexity index is 181. The summed E-state index contributed by atoms with van der Waals surface area (Å²) in [7, 11) is 0. The highest BCUT2D eigenvalue weighted by Crippen LogP contribution is 2.37. The van der Waals surface area contributed by atoms with Gasteiger partial charge in [0.2, 0.25) is 0 Å². The van der Waals surface area contributed by atoms with Crippen molar-refractivity contribution in [2.24, 2.45) is 0 Å². The molecule has 0 bridgehead atoms. The highest BCUT2D eigenvalue weighted by atomic mass is 16.5. The van der Waals surface area contributed by atoms with E-state index < -0.39 is 0 Å². The first-order valence-electron chi connectivity index (χ1n) is 6.10. The average Bonchev–Trinajstić information content (AvgIpc) is 2.51. The highest BCUT2D eigenvalue weighted by molar-refractivity contribution is 4.93. The second-order valence-corrected chi connectivity index (χ2v) is 5.19. The molecule has 2 rings (SSSR count). The molecule has 82 valence electrons. The van der Waals surface area contributed by atoms with E-state index in [2.05, 4.69) is 18.7 Å². The maximum Gasteiger partial charge on any atom is 0.0812 e. The average molecular weight is 197 g/mol. The minimum Gasteiger partial charge on any atom is -0.371 e. The summed E-state index contributed by atoms with van der Waals surface area (Å²) in [5.74, 6) is 0. The standard InChI is InChI=1S/C12H23NO/c1-11(2)14-12(6-5-7-12)10-13-8-3-4-9-13/h11H,3-10H2,1-2H3. The summed E-state index contributed by atoms with van der Waals surface area (Å²) in [6.07, 6.45) is 7.08. The monoisotopic (exact) mass is 197 g/mol. The van der Waals surface area contributed by atoms with E-state index in [-0.39, 0.29) is 5.60 Å². The molecule has 2 aliphatic rings. The number of rotatable bonds is 4. The minimum atomic E-state index is 0.235. The van der Waals surface area contributed by atoms with Crippen LogP contribution >= 0.6 is 0 Å². The van der Waals surface area contributed by atoms with Crippen LogP contribution in [0.15, 0.2) is 0 Å². The molecule has 0 aromatic carbocycles. The van der Waals surface area contributed by atoms with Crippen molar-refractivity contribution in [2.75, 3.05) is 19.6 Å². The first-order chi connectivity index (χ1) is 6.70. The molecule has 2 fully saturated rings. The molecule has 0 radical (unpaired) electrons. The first-order valence-corrected chi connectivity index (χ1v) is 6.10. The zero-order valence-corrected chi connectivity index (χ0v) is 9.59. The summed E-state index contributed by atoms with van der Waals surface area (Å²) >= 11 is 0. The zero-order chi connectivity index (χ0) is 10.0. The summed E-state index contributed by atoms with van der Waals surface area (Å²) in [5.41, 5.74) is 0.235. The smallest absolute Gasteiger partial charge is 0.0812 e. The van der Waals surface area contributed by atoms with Gasteiger partial charge in [0, 0.05) is 6.54 Å². The fraction of sp³-hybridized carbons (Fsp3) is 1.00. The molecular weight excluding hydrogens is 174 g/mol. The highest BCUT2D eigenvalue weighted by Gasteiger charge is 2.40. The Kier molecular flexibility index (Phi) is 3.13. The van der Waals surface area contributed by atoms with E-state index >= 15 is 0 Å². The first kappa shape index (κ1) is 10.4. The summed E-state index contributed by atoms with van der Waals surface area (Å²) in [6.45, 7) is 8.09. The fourth-order valence-electron chi connectivity index (χ4n) is 2.73. The van der Waals surface area contributed by atoms with Crippen molar-refractivity contribution in [1.82, 2.24) is 4.90 Å². The van der Waals surface area contributed by atoms with Crippen molar-refractivity contribution in [3.63, 3.8) is 0 Å². The third-order valence-electron chi connectivity index (χ3n) is 3.46. The molecule has 0 unspecified atom stereocenters. The Labute approximate surface area is 87.6 Å². The van der Waals surface area contributed by atoms with Gasteiger partial charge < -0.3 is 9.64 Å². The molecule has 0 amide bonds. The van der Waals surface area contributed by atoms with Crippen LogP contribution in [0.3, 0.4) is 0 Å². The van der Waals surface area contributed by atoms with E-state index in [9.17, 15) is 0 Å². The van der Waals surface area contributed by atoms with Gasteiger partial charge in [-0.25, -0.2) is 0 Å². The lowest BCUT2D eigenvalue weighted by Crippen LogP contribution is -2.50. The van der Waals surface area contributed by atoms with Crippen LogP contribution in [-0.2, 0) is 4.74 Å². The molecular formula is C12H23NO. The Morgan fingerprint density at radius 2 is 1.79 bits per heavy atom. The molecule has 0 N–H and O–H groups in total. The fourth-order valence-corrected chi connectivity index (χ4v) is 2.73. The van der Waals surface area contributed by atoms with E-state index in [0.717, 1.165) is 0 Å². The van der Waals surface area contributed by atoms with Gasteiger partial charge in [-0.1, -0.05) is 0 Å². The number of nitrogens with zero attached hydrogens (tertiary/aromatic N) is 1. The molecule has 14 heavy (non-hydrogen) atoms. The van der Waals surface area contributed by atoms with Gasteiger partial charge in [-0.05, 0) is 59.0 Å². The molecule has 0 aromatic heterocycles. The summed E-state index contributed by atoms with van der Waals surface area (Å²) in [5, 5.41) is 0. The van der Waals surface area contributed by atoms with Crippen molar-refractivity contribution in [2.45, 2.75) is 57.7 Å². The second-order valence-electron chi connectivity index (χ2n) is 5.19. The van der Waals surface area contributed by atoms with Crippen molar-refractivity contribution in [3.8, 4) is 0 Å². The third-order valence-corrected chi connectivity index (χ3v) is 3.46. The molecule has 1 saturated heterocycles. The van der Waals surface area contributed by atoms with Gasteiger partial charge in [0.15, 0.2) is 0 Å². The maximum atomic E-state index is 6.09. The summed E-state index contributed by atoms with van der Waals surface area (Å²) < 4.78 is 6.09. The van der Waals surface area contributed by atoms with Gasteiger partial charge in [0.05, 0.1) is 11.7 Å². The van der Waals surface area contributed by atoms with Crippen LogP contribution in [0, 0.1) is 0 Å². The predicted octanol–water partition coefficient (Wildman–Crippen LogP) is 2.43. The van der Waals surface area contributed by atoms with Gasteiger partial charge in [-0.15, -0.1) is 0 Å². The number of hydrogen-bond donors (Lipinski definition) is 0. The van der Waals surface area contributed by atoms with Crippen LogP contribution in [0.1, 0.15) is 46.0 Å². The largest absolute Gasteiger partial charge is 0.371 e. The third kappa shape index (κ3) is 2.29. The molecule has 1 heterocycles. The second kappa shape index (κ2) is 4.19. The topological polar surface area (TPSA) is 12.5 Å². The van der Waals surface area contributed by atoms with E-state index in [1.165, 1.54) is 51.7 Å². The van der Waals surface area contributed by atoms with Crippen LogP contribution < -0.4 is 0 Å². The SMILES string of the molecule is CC(C)OC1(CN2CCCC2)CCC1. The van der Waals surface area contributed by atoms with Crippen LogP contribution in [-0.4, -0.2) is 36.2 Å². The van der Waals surface area contributed by atoms with E-state index in [1.807, 2.05) is 0 Å². The lowest BCUT2D eigenvalue weighted by atomic mass is 9.79. The maximum absolute atomic E-state index is 6.09. The van der Waals surface area contributed by atoms with Crippen LogP contribution in [0.2, 0.25) is 0 Å². The normalized spacial score (nSPS) is 26.8. The molecule has 2 nitrogen and oxygen atoms in total. The van der Waals surface area contributed by atoms with Gasteiger partial charge in [0.25, 0.3) is 0 Å². The minimum absolute atomic E-state index is 0.235. The van der Waals surface area contributed by atoms with Crippen LogP contribution in [0.4, 0.5) is 0 Å². The molecule has 1 aliphatic heterocycles. The number of hydrogen-bond acceptors (Lipinski definition) is 2. The molecule has 0 aromatic rings. The quantitative estimate of drug-likeness (QED) is 0.686. The van der Waals surface area contributed by atoms with Crippen molar-refractivity contribution >= 4 is 0 Å². The lowest BCUT2D eigenvalue weighted by Gasteiger charge is -2.45. The summed E-state index contributed by atoms with van der Waals surface area (Å²) in [4.78, 5) is 2.58. The van der Waals surface area contributed by atoms with Gasteiger partial charge >= 0.3 is 0 Å². The Morgan fingerprint density at radius 3 is 2.21 bits per heavy atom. The molecule has 1 saturated carbocycles. The Morgan fingerprint density at radius 1 is 1.14 bits per heavy atom. The summed E-state index contributed by atoms with van der Waals surface area (Å²) in [6, 6.07) is 0. The lowest BCUT2D eigenvalue weighted by molar-refractivity contribution is -0.139. The van der Waals surface area contributed by atoms with Gasteiger partial charge in [-0.2, -0.15) is 0 Å². The van der Waals surface area contributed by atoms with Crippen molar-refractivity contribution in [3.05, 3.63) is 0 Å². The van der Waals surface area contributed by atoms with Crippen molar-refractivity contribution < 1.29 is 4.74 Å².